The first-order valence-electron chi connectivity index (χ1n) is 8.92. The molecule has 8 heteroatoms. The van der Waals surface area contributed by atoms with Crippen molar-refractivity contribution in [2.45, 2.75) is 30.6 Å². The van der Waals surface area contributed by atoms with E-state index in [4.69, 9.17) is 14.7 Å². The Morgan fingerprint density at radius 3 is 2.64 bits per heavy atom. The quantitative estimate of drug-likeness (QED) is 0.466. The van der Waals surface area contributed by atoms with Gasteiger partial charge >= 0.3 is 0 Å². The van der Waals surface area contributed by atoms with E-state index in [2.05, 4.69) is 41.9 Å². The van der Waals surface area contributed by atoms with E-state index < -0.39 is 6.10 Å². The van der Waals surface area contributed by atoms with Crippen LogP contribution in [0.15, 0.2) is 33.6 Å². The number of ether oxygens (including phenoxy) is 1. The lowest BCUT2D eigenvalue weighted by molar-refractivity contribution is 0.0694. The van der Waals surface area contributed by atoms with E-state index in [1.807, 2.05) is 24.1 Å². The minimum Gasteiger partial charge on any atom is -0.389 e. The highest BCUT2D eigenvalue weighted by Crippen LogP contribution is 2.35. The standard InChI is InChI=1S/C20H24BrN3O2S2/c1-12-13(2)28-20-18(12)19(24(3)9-15(25)10-26-4)22-17(23-20)11-27-16-7-5-14(21)6-8-16/h5-8,15,25H,9-11H2,1-4H3/t15-/m0/s1. The molecule has 0 fully saturated rings. The second kappa shape index (κ2) is 9.54. The van der Waals surface area contributed by atoms with Crippen molar-refractivity contribution in [3.05, 3.63) is 45.0 Å². The Hall–Kier alpha value is -1.19. The maximum Gasteiger partial charge on any atom is 0.142 e. The summed E-state index contributed by atoms with van der Waals surface area (Å²) in [5.74, 6) is 2.35. The summed E-state index contributed by atoms with van der Waals surface area (Å²) in [7, 11) is 3.55. The van der Waals surface area contributed by atoms with Gasteiger partial charge in [-0.1, -0.05) is 15.9 Å². The summed E-state index contributed by atoms with van der Waals surface area (Å²) in [5, 5.41) is 11.2. The highest BCUT2D eigenvalue weighted by Gasteiger charge is 2.19. The highest BCUT2D eigenvalue weighted by molar-refractivity contribution is 9.10. The van der Waals surface area contributed by atoms with Crippen LogP contribution in [0.1, 0.15) is 16.3 Å². The van der Waals surface area contributed by atoms with E-state index in [0.717, 1.165) is 26.3 Å². The van der Waals surface area contributed by atoms with Crippen molar-refractivity contribution in [3.8, 4) is 0 Å². The number of thioether (sulfide) groups is 1. The number of halogens is 1. The van der Waals surface area contributed by atoms with Crippen LogP contribution in [0.3, 0.4) is 0 Å². The molecule has 5 nitrogen and oxygen atoms in total. The Morgan fingerprint density at radius 2 is 1.96 bits per heavy atom. The number of aliphatic hydroxyl groups is 1. The molecule has 3 aromatic rings. The highest BCUT2D eigenvalue weighted by atomic mass is 79.9. The molecule has 0 aliphatic heterocycles. The van der Waals surface area contributed by atoms with Gasteiger partial charge in [0.15, 0.2) is 0 Å². The van der Waals surface area contributed by atoms with E-state index in [0.29, 0.717) is 18.9 Å². The van der Waals surface area contributed by atoms with Gasteiger partial charge in [-0.2, -0.15) is 0 Å². The Labute approximate surface area is 182 Å². The summed E-state index contributed by atoms with van der Waals surface area (Å²) in [5.41, 5.74) is 1.20. The van der Waals surface area contributed by atoms with E-state index in [1.165, 1.54) is 15.3 Å². The van der Waals surface area contributed by atoms with Gasteiger partial charge in [0, 0.05) is 34.9 Å². The molecule has 1 aromatic carbocycles. The van der Waals surface area contributed by atoms with Gasteiger partial charge < -0.3 is 14.7 Å². The molecule has 150 valence electrons. The van der Waals surface area contributed by atoms with Crippen molar-refractivity contribution < 1.29 is 9.84 Å². The first kappa shape index (κ1) is 21.5. The number of likely N-dealkylation sites (N-methyl/N-ethyl adjacent to an activating group) is 1. The molecule has 2 heterocycles. The molecule has 28 heavy (non-hydrogen) atoms. The summed E-state index contributed by atoms with van der Waals surface area (Å²) in [6.07, 6.45) is -0.569. The molecule has 1 N–H and O–H groups in total. The average Bonchev–Trinajstić information content (AvgIpc) is 2.94. The molecule has 0 amide bonds. The van der Waals surface area contributed by atoms with E-state index in [-0.39, 0.29) is 0 Å². The third-order valence-corrected chi connectivity index (χ3v) is 7.08. The topological polar surface area (TPSA) is 58.5 Å². The SMILES string of the molecule is COC[C@@H](O)CN(C)c1nc(CSc2ccc(Br)cc2)nc2sc(C)c(C)c12. The molecule has 0 saturated carbocycles. The predicted octanol–water partition coefficient (Wildman–Crippen LogP) is 4.81. The fraction of sp³-hybridized carbons (Fsp3) is 0.400. The summed E-state index contributed by atoms with van der Waals surface area (Å²) < 4.78 is 6.13. The van der Waals surface area contributed by atoms with Gasteiger partial charge in [-0.25, -0.2) is 9.97 Å². The Bertz CT molecular complexity index is 947. The monoisotopic (exact) mass is 481 g/mol. The Balaban J connectivity index is 1.90. The van der Waals surface area contributed by atoms with Gasteiger partial charge in [0.2, 0.25) is 0 Å². The maximum atomic E-state index is 10.2. The molecule has 0 bridgehead atoms. The van der Waals surface area contributed by atoms with Crippen LogP contribution >= 0.6 is 39.0 Å². The molecular weight excluding hydrogens is 458 g/mol. The van der Waals surface area contributed by atoms with Gasteiger partial charge in [0.05, 0.1) is 23.8 Å². The molecule has 0 unspecified atom stereocenters. The van der Waals surface area contributed by atoms with Crippen LogP contribution in [0, 0.1) is 13.8 Å². The number of anilines is 1. The molecule has 2 aromatic heterocycles. The molecular formula is C20H24BrN3O2S2. The van der Waals surface area contributed by atoms with Crippen LogP contribution in [0.4, 0.5) is 5.82 Å². The van der Waals surface area contributed by atoms with E-state index >= 15 is 0 Å². The third-order valence-electron chi connectivity index (χ3n) is 4.44. The lowest BCUT2D eigenvalue weighted by atomic mass is 10.2. The van der Waals surface area contributed by atoms with E-state index in [1.54, 1.807) is 30.2 Å². The van der Waals surface area contributed by atoms with Crippen molar-refractivity contribution in [2.75, 3.05) is 32.2 Å². The molecule has 0 saturated heterocycles. The van der Waals surface area contributed by atoms with Crippen LogP contribution in [0.5, 0.6) is 0 Å². The number of thiophene rings is 1. The van der Waals surface area contributed by atoms with Gasteiger partial charge in [-0.05, 0) is 43.7 Å². The first-order valence-corrected chi connectivity index (χ1v) is 11.5. The first-order chi connectivity index (χ1) is 13.4. The van der Waals surface area contributed by atoms with Gasteiger partial charge in [0.1, 0.15) is 16.5 Å². The molecule has 0 aliphatic carbocycles. The van der Waals surface area contributed by atoms with Crippen LogP contribution in [0.2, 0.25) is 0 Å². The number of fused-ring (bicyclic) bond motifs is 1. The molecule has 0 aliphatic rings. The zero-order valence-electron chi connectivity index (χ0n) is 16.4. The van der Waals surface area contributed by atoms with Crippen LogP contribution in [-0.4, -0.2) is 48.5 Å². The number of rotatable bonds is 8. The van der Waals surface area contributed by atoms with Crippen molar-refractivity contribution in [1.82, 2.24) is 9.97 Å². The summed E-state index contributed by atoms with van der Waals surface area (Å²) >= 11 is 6.88. The predicted molar refractivity (Wildman–Crippen MR) is 122 cm³/mol. The maximum absolute atomic E-state index is 10.2. The van der Waals surface area contributed by atoms with Crippen molar-refractivity contribution >= 4 is 55.1 Å². The minimum atomic E-state index is -0.569. The lowest BCUT2D eigenvalue weighted by Crippen LogP contribution is -2.32. The third kappa shape index (κ3) is 5.04. The molecule has 3 rings (SSSR count). The lowest BCUT2D eigenvalue weighted by Gasteiger charge is -2.23. The number of benzene rings is 1. The number of aromatic nitrogens is 2. The van der Waals surface area contributed by atoms with E-state index in [9.17, 15) is 5.11 Å². The zero-order chi connectivity index (χ0) is 20.3. The fourth-order valence-corrected chi connectivity index (χ4v) is 5.00. The fourth-order valence-electron chi connectivity index (χ4n) is 2.94. The zero-order valence-corrected chi connectivity index (χ0v) is 19.6. The number of hydrogen-bond acceptors (Lipinski definition) is 7. The van der Waals surface area contributed by atoms with Crippen LogP contribution in [0.25, 0.3) is 10.2 Å². The number of aryl methyl sites for hydroxylation is 2. The number of aliphatic hydroxyl groups excluding tert-OH is 1. The second-order valence-corrected chi connectivity index (χ2v) is 9.83. The van der Waals surface area contributed by atoms with Crippen molar-refractivity contribution in [1.29, 1.82) is 0 Å². The number of hydrogen-bond donors (Lipinski definition) is 1. The molecule has 0 radical (unpaired) electrons. The second-order valence-electron chi connectivity index (χ2n) is 6.66. The Kier molecular flexibility index (Phi) is 7.33. The van der Waals surface area contributed by atoms with Gasteiger partial charge in [-0.3, -0.25) is 0 Å². The minimum absolute atomic E-state index is 0.298. The van der Waals surface area contributed by atoms with Crippen molar-refractivity contribution in [2.24, 2.45) is 0 Å². The van der Waals surface area contributed by atoms with Gasteiger partial charge in [0.25, 0.3) is 0 Å². The molecule has 0 spiro atoms. The van der Waals surface area contributed by atoms with Crippen LogP contribution in [-0.2, 0) is 10.5 Å². The molecule has 1 atom stereocenters. The Morgan fingerprint density at radius 1 is 1.25 bits per heavy atom. The summed E-state index contributed by atoms with van der Waals surface area (Å²) in [4.78, 5) is 15.1. The van der Waals surface area contributed by atoms with Gasteiger partial charge in [-0.15, -0.1) is 23.1 Å². The summed E-state index contributed by atoms with van der Waals surface area (Å²) in [6, 6.07) is 8.24. The number of nitrogens with zero attached hydrogens (tertiary/aromatic N) is 3. The summed E-state index contributed by atoms with van der Waals surface area (Å²) in [6.45, 7) is 4.97. The van der Waals surface area contributed by atoms with Crippen LogP contribution < -0.4 is 4.90 Å². The largest absolute Gasteiger partial charge is 0.389 e. The average molecular weight is 482 g/mol. The number of methoxy groups -OCH3 is 1. The normalized spacial score (nSPS) is 12.5. The van der Waals surface area contributed by atoms with Crippen molar-refractivity contribution in [3.63, 3.8) is 0 Å². The smallest absolute Gasteiger partial charge is 0.142 e.